The highest BCUT2D eigenvalue weighted by molar-refractivity contribution is 5.94. The SMILES string of the molecule is CCCCN(CC(=O)Nc1cc(-c2ccccc2)nn1-c1ccc(F)cc1)C(=O)CCC1CCCC1. The molecule has 1 aliphatic carbocycles. The molecule has 1 heterocycles. The van der Waals surface area contributed by atoms with E-state index in [-0.39, 0.29) is 24.2 Å². The number of hydrogen-bond acceptors (Lipinski definition) is 3. The summed E-state index contributed by atoms with van der Waals surface area (Å²) in [5.74, 6) is 0.532. The summed E-state index contributed by atoms with van der Waals surface area (Å²) in [5, 5.41) is 7.62. The molecule has 0 spiro atoms. The highest BCUT2D eigenvalue weighted by Gasteiger charge is 2.22. The van der Waals surface area contributed by atoms with Crippen LogP contribution in [0, 0.1) is 11.7 Å². The van der Waals surface area contributed by atoms with Crippen LogP contribution >= 0.6 is 0 Å². The van der Waals surface area contributed by atoms with Gasteiger partial charge in [0.05, 0.1) is 17.9 Å². The smallest absolute Gasteiger partial charge is 0.245 e. The first kappa shape index (κ1) is 25.6. The van der Waals surface area contributed by atoms with Gasteiger partial charge in [-0.25, -0.2) is 9.07 Å². The van der Waals surface area contributed by atoms with Crippen molar-refractivity contribution in [3.8, 4) is 16.9 Å². The molecule has 0 saturated heterocycles. The Bertz CT molecular complexity index is 1140. The molecule has 1 aliphatic rings. The second-order valence-electron chi connectivity index (χ2n) is 9.58. The number of aromatic nitrogens is 2. The van der Waals surface area contributed by atoms with Crippen molar-refractivity contribution in [2.45, 2.75) is 58.3 Å². The van der Waals surface area contributed by atoms with Gasteiger partial charge in [-0.2, -0.15) is 5.10 Å². The lowest BCUT2D eigenvalue weighted by molar-refractivity contribution is -0.135. The quantitative estimate of drug-likeness (QED) is 0.347. The Labute approximate surface area is 212 Å². The van der Waals surface area contributed by atoms with Gasteiger partial charge >= 0.3 is 0 Å². The van der Waals surface area contributed by atoms with Crippen LogP contribution < -0.4 is 5.32 Å². The molecule has 7 heteroatoms. The zero-order chi connectivity index (χ0) is 25.3. The average molecular weight is 491 g/mol. The molecule has 0 bridgehead atoms. The largest absolute Gasteiger partial charge is 0.333 e. The summed E-state index contributed by atoms with van der Waals surface area (Å²) in [6.45, 7) is 2.65. The van der Waals surface area contributed by atoms with E-state index in [4.69, 9.17) is 0 Å². The first-order valence-corrected chi connectivity index (χ1v) is 13.0. The predicted molar refractivity (Wildman–Crippen MR) is 140 cm³/mol. The fourth-order valence-electron chi connectivity index (χ4n) is 4.78. The van der Waals surface area contributed by atoms with Gasteiger partial charge in [-0.1, -0.05) is 69.4 Å². The van der Waals surface area contributed by atoms with E-state index in [1.54, 1.807) is 27.8 Å². The van der Waals surface area contributed by atoms with Crippen LogP contribution in [0.3, 0.4) is 0 Å². The van der Waals surface area contributed by atoms with E-state index in [9.17, 15) is 14.0 Å². The molecule has 1 saturated carbocycles. The third-order valence-corrected chi connectivity index (χ3v) is 6.83. The summed E-state index contributed by atoms with van der Waals surface area (Å²) in [5.41, 5.74) is 2.22. The van der Waals surface area contributed by atoms with Crippen molar-refractivity contribution in [2.75, 3.05) is 18.4 Å². The second kappa shape index (κ2) is 12.5. The molecule has 1 aromatic heterocycles. The minimum absolute atomic E-state index is 0.00122. The maximum atomic E-state index is 13.5. The number of rotatable bonds is 11. The van der Waals surface area contributed by atoms with Gasteiger partial charge in [0.1, 0.15) is 11.6 Å². The second-order valence-corrected chi connectivity index (χ2v) is 9.58. The van der Waals surface area contributed by atoms with Gasteiger partial charge in [0.15, 0.2) is 0 Å². The number of carbonyl (C=O) groups is 2. The number of unbranched alkanes of at least 4 members (excludes halogenated alkanes) is 1. The number of carbonyl (C=O) groups excluding carboxylic acids is 2. The molecule has 36 heavy (non-hydrogen) atoms. The Kier molecular flexibility index (Phi) is 8.87. The number of amides is 2. The van der Waals surface area contributed by atoms with Crippen molar-refractivity contribution in [2.24, 2.45) is 5.92 Å². The summed E-state index contributed by atoms with van der Waals surface area (Å²) in [7, 11) is 0. The fraction of sp³-hybridized carbons (Fsp3) is 0.414. The van der Waals surface area contributed by atoms with Crippen molar-refractivity contribution >= 4 is 17.6 Å². The fourth-order valence-corrected chi connectivity index (χ4v) is 4.78. The number of anilines is 1. The molecule has 0 radical (unpaired) electrons. The Morgan fingerprint density at radius 2 is 1.81 bits per heavy atom. The minimum atomic E-state index is -0.345. The van der Waals surface area contributed by atoms with Gasteiger partial charge in [-0.05, 0) is 43.0 Å². The van der Waals surface area contributed by atoms with Crippen LogP contribution in [0.5, 0.6) is 0 Å². The maximum Gasteiger partial charge on any atom is 0.245 e. The zero-order valence-electron chi connectivity index (χ0n) is 21.0. The van der Waals surface area contributed by atoms with Crippen molar-refractivity contribution in [1.82, 2.24) is 14.7 Å². The molecular weight excluding hydrogens is 455 g/mol. The third-order valence-electron chi connectivity index (χ3n) is 6.83. The third kappa shape index (κ3) is 6.80. The molecule has 1 N–H and O–H groups in total. The maximum absolute atomic E-state index is 13.5. The van der Waals surface area contributed by atoms with Crippen LogP contribution in [-0.4, -0.2) is 39.6 Å². The van der Waals surface area contributed by atoms with Crippen molar-refractivity contribution < 1.29 is 14.0 Å². The van der Waals surface area contributed by atoms with Crippen LogP contribution in [0.2, 0.25) is 0 Å². The van der Waals surface area contributed by atoms with Gasteiger partial charge < -0.3 is 10.2 Å². The Morgan fingerprint density at radius 3 is 2.50 bits per heavy atom. The standard InChI is InChI=1S/C29H35FN4O2/c1-2-3-19-33(29(36)18-13-22-9-7-8-10-22)21-28(35)31-27-20-26(23-11-5-4-6-12-23)32-34(27)25-16-14-24(30)15-17-25/h4-6,11-12,14-17,20,22H,2-3,7-10,13,18-19,21H2,1H3,(H,31,35). The number of halogens is 1. The van der Waals surface area contributed by atoms with Crippen molar-refractivity contribution in [1.29, 1.82) is 0 Å². The van der Waals surface area contributed by atoms with E-state index in [1.807, 2.05) is 30.3 Å². The number of hydrogen-bond donors (Lipinski definition) is 1. The first-order chi connectivity index (χ1) is 17.5. The minimum Gasteiger partial charge on any atom is -0.333 e. The van der Waals surface area contributed by atoms with Gasteiger partial charge in [-0.3, -0.25) is 9.59 Å². The average Bonchev–Trinajstić information content (AvgIpc) is 3.56. The highest BCUT2D eigenvalue weighted by atomic mass is 19.1. The van der Waals surface area contributed by atoms with Crippen LogP contribution in [0.25, 0.3) is 16.9 Å². The van der Waals surface area contributed by atoms with Crippen LogP contribution in [-0.2, 0) is 9.59 Å². The van der Waals surface area contributed by atoms with Gasteiger partial charge in [0.2, 0.25) is 11.8 Å². The van der Waals surface area contributed by atoms with E-state index >= 15 is 0 Å². The summed E-state index contributed by atoms with van der Waals surface area (Å²) in [6.07, 6.45) is 8.13. The molecule has 1 fully saturated rings. The molecule has 4 rings (SSSR count). The molecule has 190 valence electrons. The van der Waals surface area contributed by atoms with E-state index in [0.29, 0.717) is 36.1 Å². The monoisotopic (exact) mass is 490 g/mol. The molecular formula is C29H35FN4O2. The molecule has 0 unspecified atom stereocenters. The Hall–Kier alpha value is -3.48. The molecule has 2 aromatic carbocycles. The summed E-state index contributed by atoms with van der Waals surface area (Å²) >= 11 is 0. The number of benzene rings is 2. The van der Waals surface area contributed by atoms with Gasteiger partial charge in [0.25, 0.3) is 0 Å². The van der Waals surface area contributed by atoms with E-state index in [1.165, 1.54) is 37.8 Å². The lowest BCUT2D eigenvalue weighted by atomic mass is 10.0. The van der Waals surface area contributed by atoms with Crippen LogP contribution in [0.15, 0.2) is 60.7 Å². The Morgan fingerprint density at radius 1 is 1.08 bits per heavy atom. The summed E-state index contributed by atoms with van der Waals surface area (Å²) in [6, 6.07) is 17.4. The first-order valence-electron chi connectivity index (χ1n) is 13.0. The zero-order valence-corrected chi connectivity index (χ0v) is 21.0. The van der Waals surface area contributed by atoms with E-state index < -0.39 is 0 Å². The molecule has 2 amide bonds. The topological polar surface area (TPSA) is 67.2 Å². The van der Waals surface area contributed by atoms with Gasteiger partial charge in [-0.15, -0.1) is 0 Å². The summed E-state index contributed by atoms with van der Waals surface area (Å²) in [4.78, 5) is 27.8. The lowest BCUT2D eigenvalue weighted by Crippen LogP contribution is -2.39. The normalized spacial score (nSPS) is 13.6. The summed E-state index contributed by atoms with van der Waals surface area (Å²) < 4.78 is 15.1. The lowest BCUT2D eigenvalue weighted by Gasteiger charge is -2.23. The Balaban J connectivity index is 1.50. The number of nitrogens with one attached hydrogen (secondary N) is 1. The van der Waals surface area contributed by atoms with Crippen molar-refractivity contribution in [3.63, 3.8) is 0 Å². The van der Waals surface area contributed by atoms with E-state index in [2.05, 4.69) is 17.3 Å². The van der Waals surface area contributed by atoms with Crippen LogP contribution in [0.4, 0.5) is 10.2 Å². The molecule has 0 atom stereocenters. The predicted octanol–water partition coefficient (Wildman–Crippen LogP) is 6.22. The highest BCUT2D eigenvalue weighted by Crippen LogP contribution is 2.29. The molecule has 0 aliphatic heterocycles. The molecule has 6 nitrogen and oxygen atoms in total. The molecule has 3 aromatic rings. The van der Waals surface area contributed by atoms with E-state index in [0.717, 1.165) is 24.8 Å². The van der Waals surface area contributed by atoms with Crippen LogP contribution in [0.1, 0.15) is 58.3 Å². The number of nitrogens with zero attached hydrogens (tertiary/aromatic N) is 3. The van der Waals surface area contributed by atoms with Crippen molar-refractivity contribution in [3.05, 3.63) is 66.5 Å². The van der Waals surface area contributed by atoms with Gasteiger partial charge in [0, 0.05) is 24.6 Å².